The summed E-state index contributed by atoms with van der Waals surface area (Å²) in [5, 5.41) is 17.9. The summed E-state index contributed by atoms with van der Waals surface area (Å²) >= 11 is 1.85. The topological polar surface area (TPSA) is 78.8 Å². The maximum Gasteiger partial charge on any atom is 0.490 e. The molecular weight excluding hydrogens is 445 g/mol. The van der Waals surface area contributed by atoms with E-state index in [0.29, 0.717) is 0 Å². The van der Waals surface area contributed by atoms with Crippen LogP contribution in [0.4, 0.5) is 19.0 Å². The van der Waals surface area contributed by atoms with E-state index in [1.165, 1.54) is 24.3 Å². The van der Waals surface area contributed by atoms with Crippen LogP contribution < -0.4 is 4.90 Å². The number of ether oxygens (including phenoxy) is 1. The molecule has 32 heavy (non-hydrogen) atoms. The van der Waals surface area contributed by atoms with E-state index >= 15 is 0 Å². The van der Waals surface area contributed by atoms with Gasteiger partial charge >= 0.3 is 12.1 Å². The second-order valence-electron chi connectivity index (χ2n) is 8.20. The Morgan fingerprint density at radius 1 is 1.25 bits per heavy atom. The Morgan fingerprint density at radius 3 is 2.66 bits per heavy atom. The van der Waals surface area contributed by atoms with Gasteiger partial charge in [0, 0.05) is 36.5 Å². The third-order valence-electron chi connectivity index (χ3n) is 5.49. The van der Waals surface area contributed by atoms with E-state index in [0.717, 1.165) is 50.9 Å². The van der Waals surface area contributed by atoms with E-state index in [-0.39, 0.29) is 5.41 Å². The van der Waals surface area contributed by atoms with E-state index < -0.39 is 12.1 Å². The van der Waals surface area contributed by atoms with Crippen LogP contribution in [0, 0.1) is 12.3 Å². The summed E-state index contributed by atoms with van der Waals surface area (Å²) in [5.41, 5.74) is 1.16. The number of carboxylic acid groups (broad SMARTS) is 1. The average Bonchev–Trinajstić information content (AvgIpc) is 3.16. The van der Waals surface area contributed by atoms with Gasteiger partial charge in [0.25, 0.3) is 0 Å². The molecule has 0 aromatic carbocycles. The Balaban J connectivity index is 0.000000360. The maximum absolute atomic E-state index is 10.6. The number of aryl methyl sites for hydroxylation is 1. The van der Waals surface area contributed by atoms with Crippen LogP contribution in [0.1, 0.15) is 23.4 Å². The number of carbonyl (C=O) groups is 1. The predicted molar refractivity (Wildman–Crippen MR) is 115 cm³/mol. The van der Waals surface area contributed by atoms with Crippen LogP contribution in [0.3, 0.4) is 0 Å². The van der Waals surface area contributed by atoms with Crippen LogP contribution >= 0.6 is 11.3 Å². The lowest BCUT2D eigenvalue weighted by atomic mass is 9.80. The zero-order valence-corrected chi connectivity index (χ0v) is 18.7. The molecule has 7 nitrogen and oxygen atoms in total. The number of aromatic nitrogens is 2. The molecule has 176 valence electrons. The van der Waals surface area contributed by atoms with Crippen molar-refractivity contribution in [1.82, 2.24) is 15.1 Å². The van der Waals surface area contributed by atoms with Crippen molar-refractivity contribution in [3.63, 3.8) is 0 Å². The Labute approximate surface area is 188 Å². The minimum absolute atomic E-state index is 0.193. The molecule has 2 aromatic rings. The Morgan fingerprint density at radius 2 is 2.03 bits per heavy atom. The first-order valence-corrected chi connectivity index (χ1v) is 11.2. The Kier molecular flexibility index (Phi) is 8.07. The van der Waals surface area contributed by atoms with Crippen LogP contribution in [0.5, 0.6) is 0 Å². The highest BCUT2D eigenvalue weighted by Crippen LogP contribution is 2.35. The average molecular weight is 473 g/mol. The van der Waals surface area contributed by atoms with Gasteiger partial charge in [0.15, 0.2) is 5.82 Å². The molecule has 11 heteroatoms. The summed E-state index contributed by atoms with van der Waals surface area (Å²) in [6.45, 7) is 8.84. The fourth-order valence-electron chi connectivity index (χ4n) is 4.06. The van der Waals surface area contributed by atoms with Gasteiger partial charge in [0.2, 0.25) is 0 Å². The number of likely N-dealkylation sites (tertiary alicyclic amines) is 1. The molecule has 2 saturated heterocycles. The summed E-state index contributed by atoms with van der Waals surface area (Å²) in [6, 6.07) is 8.52. The molecule has 0 radical (unpaired) electrons. The minimum atomic E-state index is -5.08. The van der Waals surface area contributed by atoms with Crippen molar-refractivity contribution in [2.75, 3.05) is 44.3 Å². The van der Waals surface area contributed by atoms with Crippen molar-refractivity contribution in [1.29, 1.82) is 0 Å². The fraction of sp³-hybridized carbons (Fsp3) is 0.571. The molecule has 2 aliphatic heterocycles. The number of alkyl halides is 3. The SMILES string of the molecule is Cc1ccc(N2CCOCC3(CCCN(Cc4cccs4)C3)C2)nn1.O=C(O)C(F)(F)F. The molecule has 1 N–H and O–H groups in total. The molecule has 1 unspecified atom stereocenters. The first-order valence-electron chi connectivity index (χ1n) is 10.3. The monoisotopic (exact) mass is 472 g/mol. The van der Waals surface area contributed by atoms with Crippen molar-refractivity contribution in [3.05, 3.63) is 40.2 Å². The molecule has 0 saturated carbocycles. The molecule has 2 aliphatic rings. The highest BCUT2D eigenvalue weighted by Gasteiger charge is 2.39. The van der Waals surface area contributed by atoms with Crippen LogP contribution in [0.2, 0.25) is 0 Å². The van der Waals surface area contributed by atoms with Gasteiger partial charge in [-0.1, -0.05) is 6.07 Å². The number of rotatable bonds is 3. The lowest BCUT2D eigenvalue weighted by Gasteiger charge is -2.43. The van der Waals surface area contributed by atoms with Crippen molar-refractivity contribution in [2.24, 2.45) is 5.41 Å². The van der Waals surface area contributed by atoms with Gasteiger partial charge in [-0.15, -0.1) is 16.4 Å². The molecule has 4 heterocycles. The molecule has 2 aromatic heterocycles. The fourth-order valence-corrected chi connectivity index (χ4v) is 4.81. The number of hydrogen-bond acceptors (Lipinski definition) is 7. The zero-order valence-electron chi connectivity index (χ0n) is 17.8. The smallest absolute Gasteiger partial charge is 0.475 e. The van der Waals surface area contributed by atoms with Crippen LogP contribution in [-0.2, 0) is 16.1 Å². The molecule has 2 fully saturated rings. The van der Waals surface area contributed by atoms with Crippen molar-refractivity contribution < 1.29 is 27.8 Å². The van der Waals surface area contributed by atoms with Gasteiger partial charge < -0.3 is 14.7 Å². The van der Waals surface area contributed by atoms with E-state index in [4.69, 9.17) is 14.6 Å². The number of thiophene rings is 1. The molecule has 4 rings (SSSR count). The summed E-state index contributed by atoms with van der Waals surface area (Å²) < 4.78 is 37.8. The van der Waals surface area contributed by atoms with Gasteiger partial charge in [-0.25, -0.2) is 4.79 Å². The van der Waals surface area contributed by atoms with E-state index in [1.807, 2.05) is 24.3 Å². The maximum atomic E-state index is 10.6. The Hall–Kier alpha value is -2.24. The van der Waals surface area contributed by atoms with E-state index in [9.17, 15) is 13.2 Å². The van der Waals surface area contributed by atoms with Gasteiger partial charge in [0.05, 0.1) is 18.9 Å². The first kappa shape index (κ1) is 24.4. The normalized spacial score (nSPS) is 22.2. The van der Waals surface area contributed by atoms with Crippen molar-refractivity contribution in [2.45, 2.75) is 32.5 Å². The predicted octanol–water partition coefficient (Wildman–Crippen LogP) is 3.60. The summed E-state index contributed by atoms with van der Waals surface area (Å²) in [6.07, 6.45) is -2.62. The third kappa shape index (κ3) is 6.88. The summed E-state index contributed by atoms with van der Waals surface area (Å²) in [4.78, 5) is 15.3. The van der Waals surface area contributed by atoms with E-state index in [1.54, 1.807) is 0 Å². The van der Waals surface area contributed by atoms with Crippen molar-refractivity contribution in [3.8, 4) is 0 Å². The zero-order chi connectivity index (χ0) is 23.2. The standard InChI is InChI=1S/C19H26N4OS.C2HF3O2/c1-16-5-6-18(21-20-16)23-9-10-24-15-19(14-23)7-3-8-22(13-19)12-17-4-2-11-25-17;3-2(4,5)1(6)7/h2,4-6,11H,3,7-10,12-15H2,1H3;(H,6,7). The van der Waals surface area contributed by atoms with Gasteiger partial charge in [-0.2, -0.15) is 18.3 Å². The lowest BCUT2D eigenvalue weighted by Crippen LogP contribution is -2.50. The van der Waals surface area contributed by atoms with Crippen LogP contribution in [0.15, 0.2) is 29.6 Å². The quantitative estimate of drug-likeness (QED) is 0.731. The largest absolute Gasteiger partial charge is 0.490 e. The lowest BCUT2D eigenvalue weighted by molar-refractivity contribution is -0.192. The number of aliphatic carboxylic acids is 1. The second kappa shape index (κ2) is 10.6. The number of nitrogens with zero attached hydrogens (tertiary/aromatic N) is 4. The summed E-state index contributed by atoms with van der Waals surface area (Å²) in [7, 11) is 0. The summed E-state index contributed by atoms with van der Waals surface area (Å²) in [5.74, 6) is -1.78. The number of hydrogen-bond donors (Lipinski definition) is 1. The molecule has 1 spiro atoms. The number of piperidine rings is 1. The van der Waals surface area contributed by atoms with Gasteiger partial charge in [-0.3, -0.25) is 4.90 Å². The third-order valence-corrected chi connectivity index (χ3v) is 6.35. The first-order chi connectivity index (χ1) is 15.2. The van der Waals surface area contributed by atoms with Gasteiger partial charge in [-0.05, 0) is 49.9 Å². The minimum Gasteiger partial charge on any atom is -0.475 e. The van der Waals surface area contributed by atoms with Gasteiger partial charge in [0.1, 0.15) is 0 Å². The molecule has 0 bridgehead atoms. The molecule has 0 amide bonds. The molecule has 1 atom stereocenters. The number of carboxylic acids is 1. The molecule has 0 aliphatic carbocycles. The van der Waals surface area contributed by atoms with Crippen LogP contribution in [0.25, 0.3) is 0 Å². The second-order valence-corrected chi connectivity index (χ2v) is 9.24. The van der Waals surface area contributed by atoms with Crippen molar-refractivity contribution >= 4 is 23.1 Å². The van der Waals surface area contributed by atoms with Crippen LogP contribution in [-0.4, -0.2) is 71.7 Å². The molecular formula is C21H27F3N4O3S. The highest BCUT2D eigenvalue weighted by molar-refractivity contribution is 7.09. The van der Waals surface area contributed by atoms with E-state index in [2.05, 4.69) is 43.6 Å². The number of halogens is 3. The highest BCUT2D eigenvalue weighted by atomic mass is 32.1. The number of anilines is 1. The Bertz CT molecular complexity index is 864.